The molecule has 1 aromatic heterocycles. The van der Waals surface area contributed by atoms with Gasteiger partial charge in [-0.3, -0.25) is 9.44 Å². The van der Waals surface area contributed by atoms with Gasteiger partial charge < -0.3 is 14.8 Å². The summed E-state index contributed by atoms with van der Waals surface area (Å²) in [6.07, 6.45) is 7.57. The first-order chi connectivity index (χ1) is 18.9. The summed E-state index contributed by atoms with van der Waals surface area (Å²) in [7, 11) is -8.19. The molecule has 10 nitrogen and oxygen atoms in total. The Morgan fingerprint density at radius 3 is 2.30 bits per heavy atom. The molecule has 2 aromatic carbocycles. The lowest BCUT2D eigenvalue weighted by Gasteiger charge is -2.25. The first kappa shape index (κ1) is 29.6. The highest BCUT2D eigenvalue weighted by atomic mass is 32.2. The van der Waals surface area contributed by atoms with E-state index < -0.39 is 36.9 Å². The minimum Gasteiger partial charge on any atom is -0.475 e. The molecule has 4 N–H and O–H groups in total. The van der Waals surface area contributed by atoms with Gasteiger partial charge in [0.1, 0.15) is 0 Å². The molecule has 0 radical (unpaired) electrons. The van der Waals surface area contributed by atoms with Gasteiger partial charge in [0.25, 0.3) is 20.0 Å². The van der Waals surface area contributed by atoms with E-state index in [0.29, 0.717) is 18.3 Å². The van der Waals surface area contributed by atoms with Crippen LogP contribution in [0.25, 0.3) is 0 Å². The molecular formula is C28H35N3O7S2. The van der Waals surface area contributed by atoms with Crippen molar-refractivity contribution in [2.24, 2.45) is 5.92 Å². The summed E-state index contributed by atoms with van der Waals surface area (Å²) >= 11 is 0. The predicted octanol–water partition coefficient (Wildman–Crippen LogP) is 5.34. The number of hydrogen-bond donors (Lipinski definition) is 4. The zero-order chi connectivity index (χ0) is 28.9. The van der Waals surface area contributed by atoms with Crippen LogP contribution in [0.2, 0.25) is 0 Å². The number of anilines is 2. The van der Waals surface area contributed by atoms with Crippen LogP contribution in [0.1, 0.15) is 67.1 Å². The van der Waals surface area contributed by atoms with Crippen molar-refractivity contribution in [1.29, 1.82) is 0 Å². The van der Waals surface area contributed by atoms with E-state index in [9.17, 15) is 21.6 Å². The summed E-state index contributed by atoms with van der Waals surface area (Å²) in [4.78, 5) is 11.1. The van der Waals surface area contributed by atoms with E-state index in [4.69, 9.17) is 9.52 Å². The summed E-state index contributed by atoms with van der Waals surface area (Å²) in [5.74, 6) is -1.11. The third-order valence-corrected chi connectivity index (χ3v) is 9.70. The van der Waals surface area contributed by atoms with Crippen LogP contribution in [0.5, 0.6) is 0 Å². The Kier molecular flexibility index (Phi) is 9.22. The average Bonchev–Trinajstić information content (AvgIpc) is 3.32. The van der Waals surface area contributed by atoms with Gasteiger partial charge in [-0.15, -0.1) is 0 Å². The fourth-order valence-corrected chi connectivity index (χ4v) is 7.15. The first-order valence-electron chi connectivity index (χ1n) is 13.3. The van der Waals surface area contributed by atoms with E-state index in [-0.39, 0.29) is 16.1 Å². The van der Waals surface area contributed by atoms with Crippen molar-refractivity contribution >= 4 is 37.4 Å². The monoisotopic (exact) mass is 589 g/mol. The predicted molar refractivity (Wildman–Crippen MR) is 152 cm³/mol. The van der Waals surface area contributed by atoms with Crippen molar-refractivity contribution in [2.45, 2.75) is 74.9 Å². The molecule has 1 aliphatic carbocycles. The number of para-hydroxylation sites is 1. The Hall–Kier alpha value is -3.35. The molecule has 3 aromatic rings. The van der Waals surface area contributed by atoms with E-state index in [2.05, 4.69) is 21.7 Å². The molecule has 216 valence electrons. The zero-order valence-corrected chi connectivity index (χ0v) is 24.1. The van der Waals surface area contributed by atoms with Crippen molar-refractivity contribution in [3.8, 4) is 0 Å². The van der Waals surface area contributed by atoms with Crippen molar-refractivity contribution < 1.29 is 31.2 Å². The van der Waals surface area contributed by atoms with Crippen LogP contribution in [-0.2, 0) is 26.6 Å². The lowest BCUT2D eigenvalue weighted by atomic mass is 9.85. The van der Waals surface area contributed by atoms with Crippen molar-refractivity contribution in [1.82, 2.24) is 5.32 Å². The van der Waals surface area contributed by atoms with Gasteiger partial charge in [-0.2, -0.15) is 8.42 Å². The fraction of sp³-hybridized carbons (Fsp3) is 0.393. The minimum atomic E-state index is -4.23. The number of benzene rings is 2. The molecule has 1 aliphatic rings. The molecule has 4 rings (SSSR count). The third-order valence-electron chi connectivity index (χ3n) is 7.09. The average molecular weight is 590 g/mol. The highest BCUT2D eigenvalue weighted by Gasteiger charge is 2.24. The van der Waals surface area contributed by atoms with Gasteiger partial charge in [-0.25, -0.2) is 13.2 Å². The quantitative estimate of drug-likeness (QED) is 0.221. The van der Waals surface area contributed by atoms with E-state index in [1.54, 1.807) is 12.1 Å². The lowest BCUT2D eigenvalue weighted by Crippen LogP contribution is -2.29. The highest BCUT2D eigenvalue weighted by Crippen LogP contribution is 2.28. The van der Waals surface area contributed by atoms with Crippen LogP contribution in [0.4, 0.5) is 11.4 Å². The third kappa shape index (κ3) is 7.43. The molecule has 0 spiro atoms. The van der Waals surface area contributed by atoms with Crippen molar-refractivity contribution in [3.63, 3.8) is 0 Å². The summed E-state index contributed by atoms with van der Waals surface area (Å²) in [5.41, 5.74) is 1.53. The van der Waals surface area contributed by atoms with E-state index in [1.165, 1.54) is 63.3 Å². The van der Waals surface area contributed by atoms with Gasteiger partial charge in [-0.1, -0.05) is 50.3 Å². The van der Waals surface area contributed by atoms with Gasteiger partial charge in [0, 0.05) is 29.9 Å². The molecular weight excluding hydrogens is 554 g/mol. The number of rotatable bonds is 12. The molecule has 0 aliphatic heterocycles. The van der Waals surface area contributed by atoms with Gasteiger partial charge in [0.2, 0.25) is 10.9 Å². The molecule has 40 heavy (non-hydrogen) atoms. The van der Waals surface area contributed by atoms with Crippen molar-refractivity contribution in [3.05, 3.63) is 71.5 Å². The fourth-order valence-electron chi connectivity index (χ4n) is 4.97. The SMILES string of the molecule is Cc1cc(S(=O)(=O)Nc2ccc(S(=O)(=O)Nc3ccccc3CN[C@@H](C)CC3CCCCC3)cc2)oc1C(=O)O. The summed E-state index contributed by atoms with van der Waals surface area (Å²) < 4.78 is 61.4. The van der Waals surface area contributed by atoms with Crippen LogP contribution in [-0.4, -0.2) is 34.0 Å². The Bertz CT molecular complexity index is 1540. The molecule has 0 bridgehead atoms. The smallest absolute Gasteiger partial charge is 0.372 e. The molecule has 12 heteroatoms. The summed E-state index contributed by atoms with van der Waals surface area (Å²) in [6, 6.07) is 13.8. The molecule has 1 heterocycles. The number of nitrogens with one attached hydrogen (secondary N) is 3. The van der Waals surface area contributed by atoms with Gasteiger partial charge in [0.05, 0.1) is 10.6 Å². The van der Waals surface area contributed by atoms with Crippen molar-refractivity contribution in [2.75, 3.05) is 9.44 Å². The molecule has 1 saturated carbocycles. The highest BCUT2D eigenvalue weighted by molar-refractivity contribution is 7.93. The van der Waals surface area contributed by atoms with Crippen LogP contribution in [0.15, 0.2) is 69.0 Å². The number of carboxylic acid groups (broad SMARTS) is 1. The number of carbonyl (C=O) groups is 1. The maximum absolute atomic E-state index is 13.1. The van der Waals surface area contributed by atoms with Gasteiger partial charge in [0.15, 0.2) is 0 Å². The van der Waals surface area contributed by atoms with Crippen LogP contribution < -0.4 is 14.8 Å². The van der Waals surface area contributed by atoms with Crippen LogP contribution >= 0.6 is 0 Å². The number of carboxylic acids is 1. The Balaban J connectivity index is 1.41. The van der Waals surface area contributed by atoms with Gasteiger partial charge in [-0.05, 0) is 62.1 Å². The maximum Gasteiger partial charge on any atom is 0.372 e. The molecule has 0 saturated heterocycles. The second-order valence-corrected chi connectivity index (χ2v) is 13.6. The second kappa shape index (κ2) is 12.4. The number of furan rings is 1. The van der Waals surface area contributed by atoms with E-state index >= 15 is 0 Å². The molecule has 0 unspecified atom stereocenters. The minimum absolute atomic E-state index is 0.0501. The summed E-state index contributed by atoms with van der Waals surface area (Å²) in [5, 5.41) is 12.1. The normalized spacial score (nSPS) is 15.4. The second-order valence-electron chi connectivity index (χ2n) is 10.3. The topological polar surface area (TPSA) is 155 Å². The van der Waals surface area contributed by atoms with E-state index in [1.807, 2.05) is 12.1 Å². The van der Waals surface area contributed by atoms with Gasteiger partial charge >= 0.3 is 5.97 Å². The molecule has 1 atom stereocenters. The number of aromatic carboxylic acids is 1. The first-order valence-corrected chi connectivity index (χ1v) is 16.2. The Labute approximate surface area is 235 Å². The number of aryl methyl sites for hydroxylation is 1. The standard InChI is InChI=1S/C28H35N3O7S2/c1-19-16-26(38-27(19)28(32)33)40(36,37)30-23-12-14-24(15-13-23)39(34,35)31-25-11-7-6-10-22(25)18-29-20(2)17-21-8-4-3-5-9-21/h6-7,10-16,20-21,29-31H,3-5,8-9,17-18H2,1-2H3,(H,32,33)/t20-/m0/s1. The summed E-state index contributed by atoms with van der Waals surface area (Å²) in [6.45, 7) is 4.10. The molecule has 1 fully saturated rings. The zero-order valence-electron chi connectivity index (χ0n) is 22.5. The Morgan fingerprint density at radius 1 is 0.975 bits per heavy atom. The number of sulfonamides is 2. The molecule has 0 amide bonds. The Morgan fingerprint density at radius 2 is 1.65 bits per heavy atom. The van der Waals surface area contributed by atoms with E-state index in [0.717, 1.165) is 24.0 Å². The maximum atomic E-state index is 13.1. The number of hydrogen-bond acceptors (Lipinski definition) is 7. The largest absolute Gasteiger partial charge is 0.475 e. The lowest BCUT2D eigenvalue weighted by molar-refractivity contribution is 0.0655. The van der Waals surface area contributed by atoms with Crippen LogP contribution in [0.3, 0.4) is 0 Å². The van der Waals surface area contributed by atoms with Crippen LogP contribution in [0, 0.1) is 12.8 Å².